The van der Waals surface area contributed by atoms with Gasteiger partial charge in [0.25, 0.3) is 11.8 Å². The van der Waals surface area contributed by atoms with Gasteiger partial charge < -0.3 is 9.47 Å². The van der Waals surface area contributed by atoms with Crippen LogP contribution in [0.1, 0.15) is 17.3 Å². The second kappa shape index (κ2) is 9.84. The molecule has 0 unspecified atom stereocenters. The van der Waals surface area contributed by atoms with Gasteiger partial charge in [-0.2, -0.15) is 0 Å². The highest BCUT2D eigenvalue weighted by atomic mass is 79.9. The van der Waals surface area contributed by atoms with E-state index in [4.69, 9.17) is 9.47 Å². The molecule has 0 aliphatic rings. The van der Waals surface area contributed by atoms with Gasteiger partial charge in [0, 0.05) is 16.7 Å². The fourth-order valence-corrected chi connectivity index (χ4v) is 2.67. The molecule has 0 aliphatic carbocycles. The number of carbonyl (C=O) groups is 2. The Morgan fingerprint density at radius 3 is 2.47 bits per heavy atom. The molecule has 0 radical (unpaired) electrons. The first-order valence-electron chi connectivity index (χ1n) is 8.82. The van der Waals surface area contributed by atoms with Gasteiger partial charge in [-0.1, -0.05) is 22.0 Å². The molecule has 9 heteroatoms. The molecule has 1 heterocycles. The molecule has 3 rings (SSSR count). The molecule has 1 aromatic heterocycles. The van der Waals surface area contributed by atoms with E-state index < -0.39 is 23.7 Å². The number of nitrogens with zero attached hydrogens (tertiary/aromatic N) is 1. The summed E-state index contributed by atoms with van der Waals surface area (Å²) in [5.41, 5.74) is 4.78. The summed E-state index contributed by atoms with van der Waals surface area (Å²) in [6.45, 7) is 1.50. The van der Waals surface area contributed by atoms with E-state index >= 15 is 0 Å². The van der Waals surface area contributed by atoms with Crippen molar-refractivity contribution in [3.05, 3.63) is 82.7 Å². The number of nitrogens with one attached hydrogen (secondary N) is 2. The van der Waals surface area contributed by atoms with Crippen molar-refractivity contribution >= 4 is 27.7 Å². The van der Waals surface area contributed by atoms with Crippen molar-refractivity contribution in [3.63, 3.8) is 0 Å². The summed E-state index contributed by atoms with van der Waals surface area (Å²) in [5, 5.41) is 0. The predicted molar refractivity (Wildman–Crippen MR) is 111 cm³/mol. The molecule has 0 fully saturated rings. The molecule has 0 saturated carbocycles. The number of carbonyl (C=O) groups excluding carboxylic acids is 2. The largest absolute Gasteiger partial charge is 0.481 e. The predicted octanol–water partition coefficient (Wildman–Crippen LogP) is 4.00. The molecular weight excluding hydrogens is 457 g/mol. The number of hydrogen-bond donors (Lipinski definition) is 2. The highest BCUT2D eigenvalue weighted by Gasteiger charge is 2.16. The minimum Gasteiger partial charge on any atom is -0.481 e. The van der Waals surface area contributed by atoms with Gasteiger partial charge in [-0.3, -0.25) is 20.4 Å². The van der Waals surface area contributed by atoms with Gasteiger partial charge in [0.05, 0.1) is 5.56 Å². The van der Waals surface area contributed by atoms with Crippen molar-refractivity contribution in [1.29, 1.82) is 0 Å². The summed E-state index contributed by atoms with van der Waals surface area (Å²) in [6.07, 6.45) is 0.419. The first-order valence-corrected chi connectivity index (χ1v) is 9.62. The van der Waals surface area contributed by atoms with Crippen molar-refractivity contribution in [1.82, 2.24) is 15.8 Å². The maximum absolute atomic E-state index is 12.9. The summed E-state index contributed by atoms with van der Waals surface area (Å²) in [4.78, 5) is 28.3. The van der Waals surface area contributed by atoms with Crippen molar-refractivity contribution in [2.75, 3.05) is 0 Å². The molecule has 3 aromatic rings. The Kier molecular flexibility index (Phi) is 6.97. The normalized spacial score (nSPS) is 11.3. The molecule has 0 saturated heterocycles. The highest BCUT2D eigenvalue weighted by molar-refractivity contribution is 9.10. The lowest BCUT2D eigenvalue weighted by atomic mass is 10.3. The average Bonchev–Trinajstić information content (AvgIpc) is 2.74. The number of pyridine rings is 1. The number of benzene rings is 2. The Balaban J connectivity index is 1.50. The lowest BCUT2D eigenvalue weighted by molar-refractivity contribution is -0.128. The molecule has 154 valence electrons. The summed E-state index contributed by atoms with van der Waals surface area (Å²) < 4.78 is 24.8. The van der Waals surface area contributed by atoms with Crippen LogP contribution in [0, 0.1) is 5.82 Å². The molecule has 2 amide bonds. The van der Waals surface area contributed by atoms with Gasteiger partial charge in [0.15, 0.2) is 6.10 Å². The van der Waals surface area contributed by atoms with Gasteiger partial charge >= 0.3 is 0 Å². The molecular formula is C21H17BrFN3O4. The van der Waals surface area contributed by atoms with Crippen molar-refractivity contribution in [2.45, 2.75) is 13.0 Å². The van der Waals surface area contributed by atoms with E-state index in [-0.39, 0.29) is 5.56 Å². The van der Waals surface area contributed by atoms with Gasteiger partial charge in [-0.25, -0.2) is 9.37 Å². The molecule has 0 aliphatic heterocycles. The van der Waals surface area contributed by atoms with E-state index in [2.05, 4.69) is 31.8 Å². The minimum atomic E-state index is -0.908. The number of hydrazine groups is 1. The first-order chi connectivity index (χ1) is 14.4. The SMILES string of the molecule is C[C@H](Oc1ccc(F)cc1)C(=O)NNC(=O)c1ccc(Oc2cccc(Br)c2)nc1. The molecule has 0 bridgehead atoms. The Morgan fingerprint density at radius 2 is 1.80 bits per heavy atom. The Bertz CT molecular complexity index is 1030. The fourth-order valence-electron chi connectivity index (χ4n) is 2.29. The van der Waals surface area contributed by atoms with Crippen LogP contribution in [0.2, 0.25) is 0 Å². The number of rotatable bonds is 6. The maximum atomic E-state index is 12.9. The van der Waals surface area contributed by atoms with Gasteiger partial charge in [0.2, 0.25) is 5.88 Å². The third kappa shape index (κ3) is 6.02. The summed E-state index contributed by atoms with van der Waals surface area (Å²) >= 11 is 3.35. The maximum Gasteiger partial charge on any atom is 0.279 e. The molecule has 2 N–H and O–H groups in total. The average molecular weight is 474 g/mol. The second-order valence-corrected chi connectivity index (χ2v) is 7.02. The monoisotopic (exact) mass is 473 g/mol. The van der Waals surface area contributed by atoms with Crippen LogP contribution in [0.4, 0.5) is 4.39 Å². The Morgan fingerprint density at radius 1 is 1.03 bits per heavy atom. The number of halogens is 2. The van der Waals surface area contributed by atoms with E-state index in [0.717, 1.165) is 4.47 Å². The molecule has 7 nitrogen and oxygen atoms in total. The van der Waals surface area contributed by atoms with Crippen molar-refractivity contribution in [3.8, 4) is 17.4 Å². The van der Waals surface area contributed by atoms with Gasteiger partial charge in [-0.15, -0.1) is 0 Å². The molecule has 1 atom stereocenters. The van der Waals surface area contributed by atoms with E-state index in [1.807, 2.05) is 12.1 Å². The minimum absolute atomic E-state index is 0.226. The Hall–Kier alpha value is -3.46. The molecule has 0 spiro atoms. The van der Waals surface area contributed by atoms with Crippen LogP contribution in [-0.4, -0.2) is 22.9 Å². The number of ether oxygens (including phenoxy) is 2. The van der Waals surface area contributed by atoms with E-state index in [1.165, 1.54) is 49.5 Å². The van der Waals surface area contributed by atoms with E-state index in [9.17, 15) is 14.0 Å². The third-order valence-corrected chi connectivity index (χ3v) is 4.31. The standard InChI is InChI=1S/C21H17BrFN3O4/c1-13(29-17-8-6-16(23)7-9-17)20(27)25-26-21(28)14-5-10-19(24-12-14)30-18-4-2-3-15(22)11-18/h2-13H,1H3,(H,25,27)(H,26,28)/t13-/m0/s1. The second-order valence-electron chi connectivity index (χ2n) is 6.10. The lowest BCUT2D eigenvalue weighted by Gasteiger charge is -2.15. The number of hydrogen-bond acceptors (Lipinski definition) is 5. The zero-order valence-corrected chi connectivity index (χ0v) is 17.4. The van der Waals surface area contributed by atoms with Crippen molar-refractivity contribution in [2.24, 2.45) is 0 Å². The lowest BCUT2D eigenvalue weighted by Crippen LogP contribution is -2.47. The number of amides is 2. The summed E-state index contributed by atoms with van der Waals surface area (Å²) in [6, 6.07) is 15.6. The van der Waals surface area contributed by atoms with E-state index in [0.29, 0.717) is 17.4 Å². The Labute approximate surface area is 180 Å². The molecule has 2 aromatic carbocycles. The third-order valence-electron chi connectivity index (χ3n) is 3.81. The van der Waals surface area contributed by atoms with Crippen molar-refractivity contribution < 1.29 is 23.5 Å². The summed E-state index contributed by atoms with van der Waals surface area (Å²) in [5.74, 6) is -0.301. The zero-order chi connectivity index (χ0) is 21.5. The highest BCUT2D eigenvalue weighted by Crippen LogP contribution is 2.23. The number of aromatic nitrogens is 1. The van der Waals surface area contributed by atoms with Crippen LogP contribution in [0.5, 0.6) is 17.4 Å². The van der Waals surface area contributed by atoms with Crippen LogP contribution in [0.25, 0.3) is 0 Å². The fraction of sp³-hybridized carbons (Fsp3) is 0.0952. The van der Waals surface area contributed by atoms with Gasteiger partial charge in [-0.05, 0) is 55.5 Å². The smallest absolute Gasteiger partial charge is 0.279 e. The topological polar surface area (TPSA) is 89.6 Å². The van der Waals surface area contributed by atoms with Crippen LogP contribution in [0.15, 0.2) is 71.3 Å². The summed E-state index contributed by atoms with van der Waals surface area (Å²) in [7, 11) is 0. The van der Waals surface area contributed by atoms with Crippen LogP contribution in [-0.2, 0) is 4.79 Å². The van der Waals surface area contributed by atoms with Crippen LogP contribution in [0.3, 0.4) is 0 Å². The molecule has 30 heavy (non-hydrogen) atoms. The first kappa shape index (κ1) is 21.3. The zero-order valence-electron chi connectivity index (χ0n) is 15.8. The quantitative estimate of drug-likeness (QED) is 0.528. The van der Waals surface area contributed by atoms with Gasteiger partial charge in [0.1, 0.15) is 17.3 Å². The van der Waals surface area contributed by atoms with E-state index in [1.54, 1.807) is 12.1 Å². The van der Waals surface area contributed by atoms with Crippen LogP contribution >= 0.6 is 15.9 Å². The van der Waals surface area contributed by atoms with Crippen LogP contribution < -0.4 is 20.3 Å².